The topological polar surface area (TPSA) is 129 Å². The van der Waals surface area contributed by atoms with E-state index in [0.29, 0.717) is 63.1 Å². The van der Waals surface area contributed by atoms with Crippen LogP contribution in [0.2, 0.25) is 0 Å². The molecule has 1 N–H and O–H groups in total. The van der Waals surface area contributed by atoms with E-state index in [1.807, 2.05) is 20.8 Å². The van der Waals surface area contributed by atoms with E-state index in [1.54, 1.807) is 34.2 Å². The third-order valence-corrected chi connectivity index (χ3v) is 6.38. The van der Waals surface area contributed by atoms with E-state index in [2.05, 4.69) is 26.5 Å². The van der Waals surface area contributed by atoms with Gasteiger partial charge in [-0.15, -0.1) is 12.4 Å². The normalized spacial score (nSPS) is 20.6. The Kier molecular flexibility index (Phi) is 7.43. The Morgan fingerprint density at radius 3 is 2.71 bits per heavy atom. The minimum Gasteiger partial charge on any atom is -0.378 e. The van der Waals surface area contributed by atoms with Gasteiger partial charge in [-0.1, -0.05) is 6.92 Å². The van der Waals surface area contributed by atoms with Crippen LogP contribution < -0.4 is 10.2 Å². The van der Waals surface area contributed by atoms with Crippen molar-refractivity contribution < 1.29 is 14.3 Å². The smallest absolute Gasteiger partial charge is 0.250 e. The summed E-state index contributed by atoms with van der Waals surface area (Å²) >= 11 is 0. The lowest BCUT2D eigenvalue weighted by Crippen LogP contribution is -2.51. The fourth-order valence-electron chi connectivity index (χ4n) is 4.13. The molecule has 2 aromatic rings. The molecule has 2 saturated heterocycles. The number of aromatic nitrogens is 4. The molecule has 4 rings (SSSR count). The molecule has 4 heterocycles. The maximum absolute atomic E-state index is 13.0. The number of halogens is 1. The number of nitrogens with zero attached hydrogens (tertiary/aromatic N) is 7. The molecule has 2 aliphatic heterocycles. The number of nitrogens with one attached hydrogen (secondary N) is 1. The molecule has 2 amide bonds. The summed E-state index contributed by atoms with van der Waals surface area (Å²) < 4.78 is 6.95. The molecule has 0 unspecified atom stereocenters. The van der Waals surface area contributed by atoms with E-state index in [-0.39, 0.29) is 24.2 Å². The lowest BCUT2D eigenvalue weighted by atomic mass is 9.85. The SMILES string of the molecule is CC[C@]1(C#N)CCN(c2ccnc(Nc3cnn(C(C)(C)C(=O)N4CCOCC4)c3)n2)C1=O.Cl. The number of nitriles is 1. The first-order valence-electron chi connectivity index (χ1n) is 11.1. The predicted molar refractivity (Wildman–Crippen MR) is 127 cm³/mol. The Morgan fingerprint density at radius 2 is 2.06 bits per heavy atom. The van der Waals surface area contributed by atoms with Gasteiger partial charge in [-0.2, -0.15) is 15.3 Å². The highest BCUT2D eigenvalue weighted by atomic mass is 35.5. The molecular weight excluding hydrogens is 460 g/mol. The van der Waals surface area contributed by atoms with Crippen LogP contribution in [0.5, 0.6) is 0 Å². The Hall–Kier alpha value is -3.23. The van der Waals surface area contributed by atoms with Crippen molar-refractivity contribution in [3.05, 3.63) is 24.7 Å². The third-order valence-electron chi connectivity index (χ3n) is 6.38. The second-order valence-electron chi connectivity index (χ2n) is 8.75. The molecule has 2 fully saturated rings. The van der Waals surface area contributed by atoms with Crippen LogP contribution in [-0.2, 0) is 19.9 Å². The Labute approximate surface area is 204 Å². The van der Waals surface area contributed by atoms with Crippen LogP contribution in [0.15, 0.2) is 24.7 Å². The summed E-state index contributed by atoms with van der Waals surface area (Å²) in [4.78, 5) is 37.9. The number of anilines is 3. The maximum Gasteiger partial charge on any atom is 0.250 e. The van der Waals surface area contributed by atoms with Crippen molar-refractivity contribution in [2.75, 3.05) is 43.1 Å². The van der Waals surface area contributed by atoms with Gasteiger partial charge < -0.3 is 15.0 Å². The van der Waals surface area contributed by atoms with Crippen LogP contribution in [0, 0.1) is 16.7 Å². The zero-order valence-electron chi connectivity index (χ0n) is 19.5. The van der Waals surface area contributed by atoms with Gasteiger partial charge in [0, 0.05) is 32.0 Å². The van der Waals surface area contributed by atoms with Gasteiger partial charge in [0.1, 0.15) is 16.8 Å². The van der Waals surface area contributed by atoms with Crippen molar-refractivity contribution >= 4 is 41.7 Å². The number of carbonyl (C=O) groups is 2. The van der Waals surface area contributed by atoms with E-state index < -0.39 is 11.0 Å². The molecule has 0 bridgehead atoms. The standard InChI is InChI=1S/C22H28N8O3.ClH/c1-4-22(15-23)6-8-29(19(22)32)17-5-7-24-20(27-17)26-16-13-25-30(14-16)21(2,3)18(31)28-9-11-33-12-10-28;/h5,7,13-14H,4,6,8-12H2,1-3H3,(H,24,26,27);1H/t22-;/m1./s1. The number of hydrogen-bond donors (Lipinski definition) is 1. The van der Waals surface area contributed by atoms with Gasteiger partial charge in [0.15, 0.2) is 0 Å². The molecule has 182 valence electrons. The summed E-state index contributed by atoms with van der Waals surface area (Å²) in [7, 11) is 0. The minimum atomic E-state index is -0.988. The van der Waals surface area contributed by atoms with Crippen molar-refractivity contribution in [1.82, 2.24) is 24.6 Å². The minimum absolute atomic E-state index is 0. The first kappa shape index (κ1) is 25.4. The van der Waals surface area contributed by atoms with Gasteiger partial charge in [-0.05, 0) is 32.8 Å². The molecule has 0 spiro atoms. The second-order valence-corrected chi connectivity index (χ2v) is 8.75. The monoisotopic (exact) mass is 488 g/mol. The van der Waals surface area contributed by atoms with E-state index in [4.69, 9.17) is 4.74 Å². The zero-order valence-corrected chi connectivity index (χ0v) is 20.3. The zero-order chi connectivity index (χ0) is 23.6. The predicted octanol–water partition coefficient (Wildman–Crippen LogP) is 2.09. The van der Waals surface area contributed by atoms with Crippen LogP contribution in [0.1, 0.15) is 33.6 Å². The van der Waals surface area contributed by atoms with E-state index in [0.717, 1.165) is 0 Å². The van der Waals surface area contributed by atoms with E-state index in [9.17, 15) is 14.9 Å². The average molecular weight is 489 g/mol. The molecule has 0 radical (unpaired) electrons. The van der Waals surface area contributed by atoms with Crippen molar-refractivity contribution in [2.45, 2.75) is 39.2 Å². The molecule has 1 atom stereocenters. The van der Waals surface area contributed by atoms with Gasteiger partial charge in [0.2, 0.25) is 17.8 Å². The van der Waals surface area contributed by atoms with E-state index in [1.165, 1.54) is 4.90 Å². The van der Waals surface area contributed by atoms with Gasteiger partial charge in [0.05, 0.1) is 31.2 Å². The fraction of sp³-hybridized carbons (Fsp3) is 0.545. The first-order valence-corrected chi connectivity index (χ1v) is 11.1. The lowest BCUT2D eigenvalue weighted by Gasteiger charge is -2.34. The molecule has 0 aliphatic carbocycles. The lowest BCUT2D eigenvalue weighted by molar-refractivity contribution is -0.143. The summed E-state index contributed by atoms with van der Waals surface area (Å²) in [6, 6.07) is 3.83. The second kappa shape index (κ2) is 9.95. The molecule has 34 heavy (non-hydrogen) atoms. The molecule has 2 aromatic heterocycles. The Morgan fingerprint density at radius 1 is 1.32 bits per heavy atom. The first-order chi connectivity index (χ1) is 15.8. The van der Waals surface area contributed by atoms with Crippen molar-refractivity contribution in [1.29, 1.82) is 5.26 Å². The van der Waals surface area contributed by atoms with Crippen molar-refractivity contribution in [3.8, 4) is 6.07 Å². The van der Waals surface area contributed by atoms with Gasteiger partial charge >= 0.3 is 0 Å². The molecule has 12 heteroatoms. The third kappa shape index (κ3) is 4.56. The summed E-state index contributed by atoms with van der Waals surface area (Å²) in [6.45, 7) is 8.14. The maximum atomic E-state index is 13.0. The number of rotatable bonds is 6. The number of ether oxygens (including phenoxy) is 1. The quantitative estimate of drug-likeness (QED) is 0.654. The molecule has 0 saturated carbocycles. The molecule has 11 nitrogen and oxygen atoms in total. The highest BCUT2D eigenvalue weighted by Gasteiger charge is 2.46. The molecule has 2 aliphatic rings. The summed E-state index contributed by atoms with van der Waals surface area (Å²) in [5, 5.41) is 17.0. The van der Waals surface area contributed by atoms with Crippen molar-refractivity contribution in [2.24, 2.45) is 5.41 Å². The molecular formula is C22H29ClN8O3. The average Bonchev–Trinajstić information content (AvgIpc) is 3.44. The van der Waals surface area contributed by atoms with Crippen LogP contribution in [0.4, 0.5) is 17.5 Å². The fourth-order valence-corrected chi connectivity index (χ4v) is 4.13. The Balaban J connectivity index is 0.00000324. The largest absolute Gasteiger partial charge is 0.378 e. The number of amides is 2. The van der Waals surface area contributed by atoms with Crippen LogP contribution in [0.25, 0.3) is 0 Å². The van der Waals surface area contributed by atoms with Crippen molar-refractivity contribution in [3.63, 3.8) is 0 Å². The highest BCUT2D eigenvalue weighted by molar-refractivity contribution is 6.01. The van der Waals surface area contributed by atoms with Crippen LogP contribution >= 0.6 is 12.4 Å². The molecule has 0 aromatic carbocycles. The van der Waals surface area contributed by atoms with Crippen LogP contribution in [-0.4, -0.2) is 69.3 Å². The number of carbonyl (C=O) groups excluding carboxylic acids is 2. The van der Waals surface area contributed by atoms with Crippen LogP contribution in [0.3, 0.4) is 0 Å². The van der Waals surface area contributed by atoms with Gasteiger partial charge in [-0.25, -0.2) is 4.98 Å². The highest BCUT2D eigenvalue weighted by Crippen LogP contribution is 2.36. The summed E-state index contributed by atoms with van der Waals surface area (Å²) in [5.74, 6) is 0.484. The van der Waals surface area contributed by atoms with Gasteiger partial charge in [-0.3, -0.25) is 19.2 Å². The van der Waals surface area contributed by atoms with Gasteiger partial charge in [0.25, 0.3) is 0 Å². The number of hydrogen-bond acceptors (Lipinski definition) is 8. The Bertz CT molecular complexity index is 1090. The summed E-state index contributed by atoms with van der Waals surface area (Å²) in [6.07, 6.45) is 5.83. The summed E-state index contributed by atoms with van der Waals surface area (Å²) in [5.41, 5.74) is -1.25. The number of morpholine rings is 1. The van der Waals surface area contributed by atoms with E-state index >= 15 is 0 Å².